The van der Waals surface area contributed by atoms with Crippen LogP contribution in [0.1, 0.15) is 65.2 Å². The van der Waals surface area contributed by atoms with Crippen molar-refractivity contribution in [2.75, 3.05) is 0 Å². The van der Waals surface area contributed by atoms with Crippen LogP contribution in [0.4, 0.5) is 0 Å². The van der Waals surface area contributed by atoms with E-state index < -0.39 is 0 Å². The van der Waals surface area contributed by atoms with Gasteiger partial charge in [0.1, 0.15) is 5.78 Å². The number of hydrogen-bond acceptors (Lipinski definition) is 2. The molecule has 0 radical (unpaired) electrons. The molecule has 1 N–H and O–H groups in total. The maximum absolute atomic E-state index is 12.3. The van der Waals surface area contributed by atoms with Crippen LogP contribution in [0, 0.1) is 28.6 Å². The molecule has 4 rings (SSSR count). The molecular weight excluding hydrogens is 260 g/mol. The van der Waals surface area contributed by atoms with Crippen molar-refractivity contribution < 1.29 is 9.90 Å². The predicted octanol–water partition coefficient (Wildman–Crippen LogP) is 3.88. The fourth-order valence-electron chi connectivity index (χ4n) is 6.29. The Balaban J connectivity index is 1.71. The number of rotatable bonds is 0. The fraction of sp³-hybridized carbons (Fsp3) is 0.842. The van der Waals surface area contributed by atoms with Gasteiger partial charge in [-0.3, -0.25) is 4.79 Å². The van der Waals surface area contributed by atoms with Gasteiger partial charge in [0.15, 0.2) is 0 Å². The Labute approximate surface area is 128 Å². The molecule has 0 amide bonds. The lowest BCUT2D eigenvalue weighted by Gasteiger charge is -2.55. The largest absolute Gasteiger partial charge is 0.393 e. The zero-order valence-corrected chi connectivity index (χ0v) is 13.4. The second-order valence-corrected chi connectivity index (χ2v) is 8.58. The maximum Gasteiger partial charge on any atom is 0.139 e. The zero-order valence-electron chi connectivity index (χ0n) is 13.4. The molecule has 0 heterocycles. The van der Waals surface area contributed by atoms with Crippen molar-refractivity contribution in [1.82, 2.24) is 0 Å². The van der Waals surface area contributed by atoms with Crippen molar-refractivity contribution in [3.05, 3.63) is 11.6 Å². The molecule has 2 heteroatoms. The number of carbonyl (C=O) groups is 1. The van der Waals surface area contributed by atoms with Crippen molar-refractivity contribution in [2.45, 2.75) is 71.3 Å². The second-order valence-electron chi connectivity index (χ2n) is 8.58. The first-order valence-electron chi connectivity index (χ1n) is 8.87. The highest BCUT2D eigenvalue weighted by Crippen LogP contribution is 2.63. The second kappa shape index (κ2) is 4.44. The highest BCUT2D eigenvalue weighted by Gasteiger charge is 2.56. The first-order valence-corrected chi connectivity index (χ1v) is 8.87. The average molecular weight is 288 g/mol. The molecule has 0 saturated heterocycles. The Kier molecular flexibility index (Phi) is 2.96. The number of Topliss-reactive ketones (excluding diaryl/α,β-unsaturated/α-hetero) is 1. The summed E-state index contributed by atoms with van der Waals surface area (Å²) >= 11 is 0. The molecule has 21 heavy (non-hydrogen) atoms. The molecule has 0 aromatic heterocycles. The molecule has 116 valence electrons. The van der Waals surface area contributed by atoms with Crippen LogP contribution in [0.3, 0.4) is 0 Å². The monoisotopic (exact) mass is 288 g/mol. The molecule has 2 nitrogen and oxygen atoms in total. The van der Waals surface area contributed by atoms with Gasteiger partial charge in [-0.15, -0.1) is 0 Å². The number of allylic oxidation sites excluding steroid dienone is 2. The van der Waals surface area contributed by atoms with Gasteiger partial charge in [0.2, 0.25) is 0 Å². The maximum atomic E-state index is 12.3. The summed E-state index contributed by atoms with van der Waals surface area (Å²) in [5.41, 5.74) is 1.91. The molecule has 3 saturated carbocycles. The summed E-state index contributed by atoms with van der Waals surface area (Å²) in [6.07, 6.45) is 10.8. The molecule has 1 unspecified atom stereocenters. The lowest BCUT2D eigenvalue weighted by Crippen LogP contribution is -2.48. The summed E-state index contributed by atoms with van der Waals surface area (Å²) in [6, 6.07) is 0. The summed E-state index contributed by atoms with van der Waals surface area (Å²) in [7, 11) is 0. The Morgan fingerprint density at radius 2 is 1.95 bits per heavy atom. The molecule has 6 atom stereocenters. The van der Waals surface area contributed by atoms with Crippen LogP contribution in [0.25, 0.3) is 0 Å². The Morgan fingerprint density at radius 1 is 1.14 bits per heavy atom. The van der Waals surface area contributed by atoms with Gasteiger partial charge in [-0.05, 0) is 68.1 Å². The molecule has 3 fully saturated rings. The number of carbonyl (C=O) groups excluding carboxylic acids is 1. The van der Waals surface area contributed by atoms with Crippen molar-refractivity contribution in [3.8, 4) is 0 Å². The molecule has 0 aliphatic heterocycles. The molecule has 0 spiro atoms. The molecule has 4 aliphatic rings. The van der Waals surface area contributed by atoms with Gasteiger partial charge >= 0.3 is 0 Å². The Hall–Kier alpha value is -0.630. The molecule has 0 aromatic carbocycles. The number of hydrogen-bond donors (Lipinski definition) is 1. The standard InChI is InChI=1S/C19H28O2/c1-18-9-7-13(20)11-12(18)3-4-14-15-5-6-17(21)19(15,2)10-8-16(14)18/h8,12-15,20H,3-7,9-11H2,1-2H3/t12-,13-,14+,15?,18+,19+/m1/s1. The Bertz CT molecular complexity index is 508. The van der Waals surface area contributed by atoms with Gasteiger partial charge in [-0.2, -0.15) is 0 Å². The zero-order chi connectivity index (χ0) is 14.8. The lowest BCUT2D eigenvalue weighted by molar-refractivity contribution is -0.127. The van der Waals surface area contributed by atoms with Crippen LogP contribution in [0.2, 0.25) is 0 Å². The third-order valence-electron chi connectivity index (χ3n) is 7.71. The molecule has 0 bridgehead atoms. The summed E-state index contributed by atoms with van der Waals surface area (Å²) in [5, 5.41) is 10.0. The van der Waals surface area contributed by atoms with Crippen LogP contribution in [-0.4, -0.2) is 17.0 Å². The topological polar surface area (TPSA) is 37.3 Å². The van der Waals surface area contributed by atoms with Crippen LogP contribution >= 0.6 is 0 Å². The summed E-state index contributed by atoms with van der Waals surface area (Å²) in [4.78, 5) is 12.3. The summed E-state index contributed by atoms with van der Waals surface area (Å²) < 4.78 is 0. The van der Waals surface area contributed by atoms with Crippen LogP contribution < -0.4 is 0 Å². The van der Waals surface area contributed by atoms with E-state index in [1.807, 2.05) is 0 Å². The third-order valence-corrected chi connectivity index (χ3v) is 7.71. The highest BCUT2D eigenvalue weighted by molar-refractivity contribution is 5.87. The average Bonchev–Trinajstić information content (AvgIpc) is 2.76. The highest BCUT2D eigenvalue weighted by atomic mass is 16.3. The van der Waals surface area contributed by atoms with E-state index >= 15 is 0 Å². The van der Waals surface area contributed by atoms with Crippen LogP contribution in [0.15, 0.2) is 11.6 Å². The summed E-state index contributed by atoms with van der Waals surface area (Å²) in [6.45, 7) is 4.67. The number of aliphatic hydroxyl groups excluding tert-OH is 1. The van der Waals surface area contributed by atoms with Crippen molar-refractivity contribution in [2.24, 2.45) is 28.6 Å². The SMILES string of the molecule is C[C@]12CC=C3[C@@H](CC[C@@H]4C[C@H](O)CC[C@]34C)C1CCC2=O. The van der Waals surface area contributed by atoms with Crippen LogP contribution in [0.5, 0.6) is 0 Å². The molecular formula is C19H28O2. The predicted molar refractivity (Wildman–Crippen MR) is 82.7 cm³/mol. The van der Waals surface area contributed by atoms with E-state index in [1.165, 1.54) is 12.8 Å². The first-order chi connectivity index (χ1) is 9.95. The van der Waals surface area contributed by atoms with Crippen molar-refractivity contribution in [3.63, 3.8) is 0 Å². The Morgan fingerprint density at radius 3 is 2.76 bits per heavy atom. The van der Waals surface area contributed by atoms with Gasteiger partial charge in [0.05, 0.1) is 6.10 Å². The van der Waals surface area contributed by atoms with Gasteiger partial charge in [-0.1, -0.05) is 25.5 Å². The van der Waals surface area contributed by atoms with E-state index in [0.717, 1.165) is 38.5 Å². The van der Waals surface area contributed by atoms with E-state index in [-0.39, 0.29) is 11.5 Å². The third kappa shape index (κ3) is 1.78. The fourth-order valence-corrected chi connectivity index (χ4v) is 6.29. The van der Waals surface area contributed by atoms with Gasteiger partial charge in [-0.25, -0.2) is 0 Å². The normalized spacial score (nSPS) is 52.7. The quantitative estimate of drug-likeness (QED) is 0.687. The molecule has 0 aromatic rings. The number of fused-ring (bicyclic) bond motifs is 5. The van der Waals surface area contributed by atoms with E-state index in [9.17, 15) is 9.90 Å². The van der Waals surface area contributed by atoms with E-state index in [1.54, 1.807) is 5.57 Å². The van der Waals surface area contributed by atoms with E-state index in [2.05, 4.69) is 19.9 Å². The van der Waals surface area contributed by atoms with Crippen molar-refractivity contribution >= 4 is 5.78 Å². The van der Waals surface area contributed by atoms with Gasteiger partial charge in [0, 0.05) is 11.8 Å². The van der Waals surface area contributed by atoms with Gasteiger partial charge < -0.3 is 5.11 Å². The van der Waals surface area contributed by atoms with E-state index in [4.69, 9.17) is 0 Å². The van der Waals surface area contributed by atoms with Crippen LogP contribution in [-0.2, 0) is 4.79 Å². The minimum atomic E-state index is -0.0814. The number of ketones is 1. The summed E-state index contributed by atoms with van der Waals surface area (Å²) in [5.74, 6) is 2.40. The molecule has 4 aliphatic carbocycles. The lowest BCUT2D eigenvalue weighted by atomic mass is 9.49. The number of aliphatic hydroxyl groups is 1. The van der Waals surface area contributed by atoms with Gasteiger partial charge in [0.25, 0.3) is 0 Å². The smallest absolute Gasteiger partial charge is 0.139 e. The van der Waals surface area contributed by atoms with Crippen molar-refractivity contribution in [1.29, 1.82) is 0 Å². The first kappa shape index (κ1) is 14.0. The minimum absolute atomic E-state index is 0.0639. The minimum Gasteiger partial charge on any atom is -0.393 e. The van der Waals surface area contributed by atoms with E-state index in [0.29, 0.717) is 29.0 Å².